The predicted octanol–water partition coefficient (Wildman–Crippen LogP) is 3.40. The lowest BCUT2D eigenvalue weighted by Crippen LogP contribution is -2.25. The van der Waals surface area contributed by atoms with E-state index in [0.29, 0.717) is 40.9 Å². The highest BCUT2D eigenvalue weighted by Gasteiger charge is 2.19. The Hall–Kier alpha value is -4.99. The zero-order valence-corrected chi connectivity index (χ0v) is 21.2. The summed E-state index contributed by atoms with van der Waals surface area (Å²) in [5.74, 6) is -0.845. The van der Waals surface area contributed by atoms with E-state index in [1.165, 1.54) is 12.5 Å². The number of carbonyl (C=O) groups is 3. The van der Waals surface area contributed by atoms with Crippen LogP contribution in [0.4, 0.5) is 5.69 Å². The molecule has 10 heteroatoms. The molecule has 10 nitrogen and oxygen atoms in total. The number of hydrogen-bond donors (Lipinski definition) is 5. The van der Waals surface area contributed by atoms with E-state index in [9.17, 15) is 14.4 Å². The number of nitrogens with zero attached hydrogens (tertiary/aromatic N) is 2. The molecular formula is C28H29N7O3. The number of aromatic amines is 1. The van der Waals surface area contributed by atoms with Crippen molar-refractivity contribution < 1.29 is 14.4 Å². The van der Waals surface area contributed by atoms with Crippen LogP contribution in [0.5, 0.6) is 0 Å². The van der Waals surface area contributed by atoms with E-state index in [2.05, 4.69) is 37.5 Å². The molecule has 0 aliphatic rings. The van der Waals surface area contributed by atoms with E-state index in [1.807, 2.05) is 49.4 Å². The molecule has 2 aromatic carbocycles. The minimum Gasteiger partial charge on any atom is -0.399 e. The van der Waals surface area contributed by atoms with Crippen molar-refractivity contribution in [1.82, 2.24) is 25.6 Å². The van der Waals surface area contributed by atoms with Crippen LogP contribution in [0.1, 0.15) is 56.4 Å². The summed E-state index contributed by atoms with van der Waals surface area (Å²) in [7, 11) is 0. The molecule has 4 aromatic rings. The molecule has 0 atom stereocenters. The summed E-state index contributed by atoms with van der Waals surface area (Å²) in [6.07, 6.45) is 3.14. The maximum Gasteiger partial charge on any atom is 0.272 e. The third kappa shape index (κ3) is 5.86. The van der Waals surface area contributed by atoms with Gasteiger partial charge in [-0.1, -0.05) is 49.9 Å². The third-order valence-corrected chi connectivity index (χ3v) is 6.05. The maximum absolute atomic E-state index is 13.0. The van der Waals surface area contributed by atoms with E-state index in [0.717, 1.165) is 22.3 Å². The van der Waals surface area contributed by atoms with Gasteiger partial charge in [0.2, 0.25) is 5.91 Å². The molecule has 6 N–H and O–H groups in total. The number of aromatic nitrogens is 3. The second kappa shape index (κ2) is 11.4. The number of nitrogens with one attached hydrogen (secondary N) is 4. The monoisotopic (exact) mass is 511 g/mol. The first-order valence-electron chi connectivity index (χ1n) is 12.1. The van der Waals surface area contributed by atoms with Crippen molar-refractivity contribution in [3.8, 4) is 0 Å². The van der Waals surface area contributed by atoms with E-state index in [1.54, 1.807) is 6.92 Å². The predicted molar refractivity (Wildman–Crippen MR) is 146 cm³/mol. The molecule has 0 saturated carbocycles. The van der Waals surface area contributed by atoms with Crippen LogP contribution < -0.4 is 21.7 Å². The molecule has 4 rings (SSSR count). The largest absolute Gasteiger partial charge is 0.399 e. The number of fused-ring (bicyclic) bond motifs is 1. The molecule has 2 aromatic heterocycles. The van der Waals surface area contributed by atoms with Crippen LogP contribution in [0.25, 0.3) is 16.7 Å². The number of aryl methyl sites for hydroxylation is 1. The van der Waals surface area contributed by atoms with Gasteiger partial charge in [0.05, 0.1) is 11.1 Å². The Labute approximate surface area is 219 Å². The summed E-state index contributed by atoms with van der Waals surface area (Å²) in [6, 6.07) is 13.0. The number of amides is 3. The lowest BCUT2D eigenvalue weighted by atomic mass is 10.1. The summed E-state index contributed by atoms with van der Waals surface area (Å²) in [5, 5.41) is 8.56. The number of carbonyl (C=O) groups excluding carboxylic acids is 3. The van der Waals surface area contributed by atoms with Crippen LogP contribution in [0, 0.1) is 6.92 Å². The molecule has 0 bridgehead atoms. The van der Waals surface area contributed by atoms with Crippen LogP contribution >= 0.6 is 0 Å². The zero-order valence-electron chi connectivity index (χ0n) is 21.2. The number of H-pyrrole nitrogens is 1. The molecule has 0 fully saturated rings. The highest BCUT2D eigenvalue weighted by Crippen LogP contribution is 2.20. The van der Waals surface area contributed by atoms with Gasteiger partial charge >= 0.3 is 0 Å². The van der Waals surface area contributed by atoms with Crippen LogP contribution in [-0.2, 0) is 17.9 Å². The molecule has 0 radical (unpaired) electrons. The van der Waals surface area contributed by atoms with Gasteiger partial charge in [0.15, 0.2) is 5.69 Å². The Balaban J connectivity index is 1.44. The number of benzene rings is 2. The lowest BCUT2D eigenvalue weighted by molar-refractivity contribution is -0.115. The van der Waals surface area contributed by atoms with Crippen molar-refractivity contribution in [1.29, 1.82) is 0 Å². The Morgan fingerprint density at radius 1 is 0.974 bits per heavy atom. The van der Waals surface area contributed by atoms with Gasteiger partial charge in [0.25, 0.3) is 11.8 Å². The van der Waals surface area contributed by atoms with E-state index < -0.39 is 5.91 Å². The topological polar surface area (TPSA) is 155 Å². The van der Waals surface area contributed by atoms with Crippen LogP contribution in [0.15, 0.2) is 61.6 Å². The normalized spacial score (nSPS) is 10.7. The standard InChI is InChI=1S/C28H29N7O3/c1-4-23(36)35-22-11-19(6-5-16(22)2)13-32-28(38)26-25-24(33-15-34-26)21(14-30-25)27(37)31-12-18-7-9-20(10-8-18)17(3)29/h5-11,14-15,30H,3-4,12-13,29H2,1-2H3,(H,31,37)(H,32,38)(H,35,36). The zero-order chi connectivity index (χ0) is 27.2. The summed E-state index contributed by atoms with van der Waals surface area (Å²) in [5.41, 5.74) is 11.5. The van der Waals surface area contributed by atoms with Gasteiger partial charge in [-0.2, -0.15) is 0 Å². The SMILES string of the molecule is C=C(N)c1ccc(CNC(=O)c2c[nH]c3c(C(=O)NCc4ccc(C)c(NC(=O)CC)c4)ncnc23)cc1. The molecule has 0 saturated heterocycles. The Bertz CT molecular complexity index is 1520. The van der Waals surface area contributed by atoms with Gasteiger partial charge in [0.1, 0.15) is 11.8 Å². The van der Waals surface area contributed by atoms with Crippen LogP contribution in [0.2, 0.25) is 0 Å². The first-order valence-corrected chi connectivity index (χ1v) is 12.1. The number of nitrogens with two attached hydrogens (primary N) is 1. The van der Waals surface area contributed by atoms with E-state index >= 15 is 0 Å². The molecule has 0 unspecified atom stereocenters. The average Bonchev–Trinajstić information content (AvgIpc) is 3.36. The molecule has 0 aliphatic heterocycles. The lowest BCUT2D eigenvalue weighted by Gasteiger charge is -2.11. The van der Waals surface area contributed by atoms with Gasteiger partial charge < -0.3 is 26.7 Å². The fourth-order valence-corrected chi connectivity index (χ4v) is 3.82. The fourth-order valence-electron chi connectivity index (χ4n) is 3.82. The van der Waals surface area contributed by atoms with Crippen molar-refractivity contribution in [2.75, 3.05) is 5.32 Å². The van der Waals surface area contributed by atoms with Gasteiger partial charge in [-0.3, -0.25) is 14.4 Å². The molecule has 3 amide bonds. The Morgan fingerprint density at radius 2 is 1.66 bits per heavy atom. The highest BCUT2D eigenvalue weighted by molar-refractivity contribution is 6.10. The highest BCUT2D eigenvalue weighted by atomic mass is 16.2. The molecule has 194 valence electrons. The number of hydrogen-bond acceptors (Lipinski definition) is 6. The minimum absolute atomic E-state index is 0.0833. The molecular weight excluding hydrogens is 482 g/mol. The van der Waals surface area contributed by atoms with Crippen molar-refractivity contribution in [3.05, 3.63) is 95.1 Å². The van der Waals surface area contributed by atoms with Crippen molar-refractivity contribution in [2.45, 2.75) is 33.4 Å². The summed E-state index contributed by atoms with van der Waals surface area (Å²) in [6.45, 7) is 7.92. The summed E-state index contributed by atoms with van der Waals surface area (Å²) < 4.78 is 0. The molecule has 0 spiro atoms. The quantitative estimate of drug-likeness (QED) is 0.232. The molecule has 2 heterocycles. The average molecular weight is 512 g/mol. The van der Waals surface area contributed by atoms with E-state index in [-0.39, 0.29) is 24.1 Å². The van der Waals surface area contributed by atoms with Gasteiger partial charge in [0, 0.05) is 37.1 Å². The first-order chi connectivity index (χ1) is 18.3. The van der Waals surface area contributed by atoms with Gasteiger partial charge in [-0.25, -0.2) is 9.97 Å². The van der Waals surface area contributed by atoms with E-state index in [4.69, 9.17) is 5.73 Å². The van der Waals surface area contributed by atoms with Crippen LogP contribution in [-0.4, -0.2) is 32.7 Å². The summed E-state index contributed by atoms with van der Waals surface area (Å²) >= 11 is 0. The Kier molecular flexibility index (Phi) is 7.81. The Morgan fingerprint density at radius 3 is 2.37 bits per heavy atom. The fraction of sp³-hybridized carbons (Fsp3) is 0.179. The second-order valence-electron chi connectivity index (χ2n) is 8.79. The molecule has 38 heavy (non-hydrogen) atoms. The number of rotatable bonds is 9. The minimum atomic E-state index is -0.424. The maximum atomic E-state index is 13.0. The second-order valence-corrected chi connectivity index (χ2v) is 8.79. The van der Waals surface area contributed by atoms with Crippen molar-refractivity contribution in [3.63, 3.8) is 0 Å². The number of anilines is 1. The van der Waals surface area contributed by atoms with Gasteiger partial charge in [-0.05, 0) is 35.2 Å². The van der Waals surface area contributed by atoms with Crippen LogP contribution in [0.3, 0.4) is 0 Å². The summed E-state index contributed by atoms with van der Waals surface area (Å²) in [4.78, 5) is 48.9. The van der Waals surface area contributed by atoms with Crippen molar-refractivity contribution in [2.24, 2.45) is 5.73 Å². The molecule has 0 aliphatic carbocycles. The first kappa shape index (κ1) is 26.1. The van der Waals surface area contributed by atoms with Crippen molar-refractivity contribution >= 4 is 40.1 Å². The smallest absolute Gasteiger partial charge is 0.272 e. The third-order valence-electron chi connectivity index (χ3n) is 6.05. The van der Waals surface area contributed by atoms with Gasteiger partial charge in [-0.15, -0.1) is 0 Å².